The molecule has 1 aromatic carbocycles. The van der Waals surface area contributed by atoms with Gasteiger partial charge in [-0.25, -0.2) is 0 Å². The van der Waals surface area contributed by atoms with Gasteiger partial charge < -0.3 is 10.8 Å². The predicted octanol–water partition coefficient (Wildman–Crippen LogP) is 5.99. The van der Waals surface area contributed by atoms with Crippen molar-refractivity contribution in [1.82, 2.24) is 0 Å². The maximum absolute atomic E-state index is 10.9. The van der Waals surface area contributed by atoms with Crippen molar-refractivity contribution in [3.8, 4) is 5.75 Å². The van der Waals surface area contributed by atoms with Crippen LogP contribution in [0.1, 0.15) is 76.5 Å². The molecule has 3 unspecified atom stereocenters. The molecule has 0 radical (unpaired) electrons. The van der Waals surface area contributed by atoms with E-state index in [9.17, 15) is 5.11 Å². The first kappa shape index (κ1) is 17.5. The number of benzene rings is 1. The number of phenols is 1. The SMILES string of the molecule is Cc1c(N)c(O)c2c(c1Cl)CC1C2(C)CC[C@H]2C(C)(C)CCCC12C. The smallest absolute Gasteiger partial charge is 0.142 e. The van der Waals surface area contributed by atoms with Crippen LogP contribution in [0.25, 0.3) is 0 Å². The second kappa shape index (κ2) is 5.09. The summed E-state index contributed by atoms with van der Waals surface area (Å²) < 4.78 is 0. The fourth-order valence-corrected chi connectivity index (χ4v) is 7.60. The lowest BCUT2D eigenvalue weighted by atomic mass is 9.43. The number of halogens is 1. The van der Waals surface area contributed by atoms with E-state index in [-0.39, 0.29) is 5.41 Å². The molecule has 0 aliphatic heterocycles. The molecule has 3 aliphatic carbocycles. The third kappa shape index (κ3) is 2.04. The monoisotopic (exact) mass is 361 g/mol. The molecular formula is C22H32ClNO. The van der Waals surface area contributed by atoms with Crippen LogP contribution in [-0.4, -0.2) is 5.11 Å². The Morgan fingerprint density at radius 3 is 2.44 bits per heavy atom. The van der Waals surface area contributed by atoms with Gasteiger partial charge in [0, 0.05) is 16.0 Å². The van der Waals surface area contributed by atoms with Crippen LogP contribution in [0.4, 0.5) is 5.69 Å². The summed E-state index contributed by atoms with van der Waals surface area (Å²) in [6.07, 6.45) is 7.29. The molecule has 3 N–H and O–H groups in total. The minimum Gasteiger partial charge on any atom is -0.505 e. The number of hydrogen-bond donors (Lipinski definition) is 2. The second-order valence-corrected chi connectivity index (χ2v) is 10.5. The van der Waals surface area contributed by atoms with Crippen molar-refractivity contribution in [2.45, 2.75) is 78.6 Å². The van der Waals surface area contributed by atoms with Crippen molar-refractivity contribution < 1.29 is 5.11 Å². The summed E-state index contributed by atoms with van der Waals surface area (Å²) in [4.78, 5) is 0. The van der Waals surface area contributed by atoms with E-state index in [1.54, 1.807) is 0 Å². The van der Waals surface area contributed by atoms with Gasteiger partial charge in [-0.1, -0.05) is 45.7 Å². The Morgan fingerprint density at radius 2 is 1.76 bits per heavy atom. The second-order valence-electron chi connectivity index (χ2n) is 10.2. The first-order valence-corrected chi connectivity index (χ1v) is 10.2. The maximum Gasteiger partial charge on any atom is 0.142 e. The van der Waals surface area contributed by atoms with Gasteiger partial charge in [-0.2, -0.15) is 0 Å². The largest absolute Gasteiger partial charge is 0.505 e. The molecule has 2 saturated carbocycles. The van der Waals surface area contributed by atoms with Gasteiger partial charge >= 0.3 is 0 Å². The molecule has 4 rings (SSSR count). The number of hydrogen-bond acceptors (Lipinski definition) is 2. The zero-order valence-corrected chi connectivity index (χ0v) is 17.1. The third-order valence-electron chi connectivity index (χ3n) is 8.56. The minimum atomic E-state index is -0.0104. The lowest BCUT2D eigenvalue weighted by Gasteiger charge is -2.61. The number of nitrogen functional groups attached to an aromatic ring is 1. The van der Waals surface area contributed by atoms with Crippen molar-refractivity contribution in [1.29, 1.82) is 0 Å². The minimum absolute atomic E-state index is 0.0104. The van der Waals surface area contributed by atoms with Crippen LogP contribution >= 0.6 is 11.6 Å². The molecule has 1 aromatic rings. The molecule has 0 amide bonds. The molecule has 0 aromatic heterocycles. The van der Waals surface area contributed by atoms with Crippen molar-refractivity contribution >= 4 is 17.3 Å². The van der Waals surface area contributed by atoms with Crippen molar-refractivity contribution in [3.63, 3.8) is 0 Å². The van der Waals surface area contributed by atoms with Crippen molar-refractivity contribution in [3.05, 3.63) is 21.7 Å². The zero-order valence-electron chi connectivity index (χ0n) is 16.3. The molecule has 4 atom stereocenters. The molecule has 0 spiro atoms. The molecule has 3 heteroatoms. The van der Waals surface area contributed by atoms with Gasteiger partial charge in [0.15, 0.2) is 0 Å². The van der Waals surface area contributed by atoms with Crippen LogP contribution in [-0.2, 0) is 11.8 Å². The number of phenolic OH excluding ortho intramolecular Hbond substituents is 1. The van der Waals surface area contributed by atoms with Gasteiger partial charge in [-0.3, -0.25) is 0 Å². The van der Waals surface area contributed by atoms with Gasteiger partial charge in [0.05, 0.1) is 5.69 Å². The van der Waals surface area contributed by atoms with Gasteiger partial charge in [-0.15, -0.1) is 0 Å². The first-order valence-electron chi connectivity index (χ1n) is 9.84. The summed E-state index contributed by atoms with van der Waals surface area (Å²) >= 11 is 6.73. The molecule has 2 nitrogen and oxygen atoms in total. The summed E-state index contributed by atoms with van der Waals surface area (Å²) in [5.74, 6) is 1.59. The topological polar surface area (TPSA) is 46.2 Å². The van der Waals surface area contributed by atoms with E-state index in [4.69, 9.17) is 17.3 Å². The summed E-state index contributed by atoms with van der Waals surface area (Å²) in [7, 11) is 0. The Bertz CT molecular complexity index is 755. The fourth-order valence-electron chi connectivity index (χ4n) is 7.33. The Hall–Kier alpha value is -0.890. The lowest BCUT2D eigenvalue weighted by Crippen LogP contribution is -2.55. The Labute approximate surface area is 157 Å². The molecular weight excluding hydrogens is 330 g/mol. The summed E-state index contributed by atoms with van der Waals surface area (Å²) in [6, 6.07) is 0. The molecule has 138 valence electrons. The highest BCUT2D eigenvalue weighted by molar-refractivity contribution is 6.32. The molecule has 3 aliphatic rings. The van der Waals surface area contributed by atoms with Crippen LogP contribution < -0.4 is 5.73 Å². The van der Waals surface area contributed by atoms with Gasteiger partial charge in [0.25, 0.3) is 0 Å². The molecule has 2 fully saturated rings. The van der Waals surface area contributed by atoms with E-state index < -0.39 is 0 Å². The van der Waals surface area contributed by atoms with Crippen molar-refractivity contribution in [2.24, 2.45) is 22.7 Å². The van der Waals surface area contributed by atoms with E-state index in [0.29, 0.717) is 28.2 Å². The Balaban J connectivity index is 1.90. The van der Waals surface area contributed by atoms with Crippen molar-refractivity contribution in [2.75, 3.05) is 5.73 Å². The van der Waals surface area contributed by atoms with Crippen LogP contribution in [0.3, 0.4) is 0 Å². The lowest BCUT2D eigenvalue weighted by molar-refractivity contribution is -0.0984. The highest BCUT2D eigenvalue weighted by Crippen LogP contribution is 2.69. The number of rotatable bonds is 0. The average Bonchev–Trinajstić information content (AvgIpc) is 2.85. The van der Waals surface area contributed by atoms with E-state index in [0.717, 1.165) is 34.9 Å². The summed E-state index contributed by atoms with van der Waals surface area (Å²) in [5.41, 5.74) is 10.5. The predicted molar refractivity (Wildman–Crippen MR) is 105 cm³/mol. The molecule has 0 saturated heterocycles. The van der Waals surface area contributed by atoms with E-state index in [1.807, 2.05) is 6.92 Å². The maximum atomic E-state index is 10.9. The van der Waals surface area contributed by atoms with Crippen LogP contribution in [0.5, 0.6) is 5.75 Å². The quantitative estimate of drug-likeness (QED) is 0.440. The number of aromatic hydroxyl groups is 1. The summed E-state index contributed by atoms with van der Waals surface area (Å²) in [5, 5.41) is 11.7. The third-order valence-corrected chi connectivity index (χ3v) is 9.08. The molecule has 25 heavy (non-hydrogen) atoms. The van der Waals surface area contributed by atoms with E-state index >= 15 is 0 Å². The zero-order chi connectivity index (χ0) is 18.4. The van der Waals surface area contributed by atoms with Gasteiger partial charge in [0.2, 0.25) is 0 Å². The van der Waals surface area contributed by atoms with E-state index in [2.05, 4.69) is 27.7 Å². The average molecular weight is 362 g/mol. The molecule has 0 bridgehead atoms. The molecule has 0 heterocycles. The van der Waals surface area contributed by atoms with Crippen LogP contribution in [0, 0.1) is 29.6 Å². The highest BCUT2D eigenvalue weighted by atomic mass is 35.5. The normalized spacial score (nSPS) is 38.8. The Morgan fingerprint density at radius 1 is 1.08 bits per heavy atom. The number of nitrogens with two attached hydrogens (primary N) is 1. The van der Waals surface area contributed by atoms with Crippen LogP contribution in [0.2, 0.25) is 5.02 Å². The fraction of sp³-hybridized carbons (Fsp3) is 0.727. The van der Waals surface area contributed by atoms with E-state index in [1.165, 1.54) is 31.2 Å². The number of anilines is 1. The van der Waals surface area contributed by atoms with Crippen LogP contribution in [0.15, 0.2) is 0 Å². The summed E-state index contributed by atoms with van der Waals surface area (Å²) in [6.45, 7) is 11.7. The first-order chi connectivity index (χ1) is 11.5. The highest BCUT2D eigenvalue weighted by Gasteiger charge is 2.62. The number of fused-ring (bicyclic) bond motifs is 5. The Kier molecular flexibility index (Phi) is 3.57. The van der Waals surface area contributed by atoms with Gasteiger partial charge in [0.1, 0.15) is 5.75 Å². The standard InChI is InChI=1S/C22H32ClNO/c1-12-17(23)13-11-15-21(4)9-6-8-20(2,3)14(21)7-10-22(15,5)16(13)19(25)18(12)24/h14-15,25H,6-11,24H2,1-5H3/t14-,15?,21?,22?/m0/s1. The van der Waals surface area contributed by atoms with Gasteiger partial charge in [-0.05, 0) is 72.8 Å².